The third-order valence-corrected chi connectivity index (χ3v) is 2.88. The van der Waals surface area contributed by atoms with Gasteiger partial charge in [0.15, 0.2) is 0 Å². The number of carbonyl (C=O) groups excluding carboxylic acids is 1. The van der Waals surface area contributed by atoms with Gasteiger partial charge in [0.2, 0.25) is 11.8 Å². The van der Waals surface area contributed by atoms with Crippen LogP contribution in [0.5, 0.6) is 0 Å². The van der Waals surface area contributed by atoms with Gasteiger partial charge >= 0.3 is 6.09 Å². The van der Waals surface area contributed by atoms with Crippen LogP contribution in [0, 0.1) is 0 Å². The third-order valence-electron chi connectivity index (χ3n) is 2.88. The van der Waals surface area contributed by atoms with Gasteiger partial charge in [-0.1, -0.05) is 6.08 Å². The van der Waals surface area contributed by atoms with E-state index in [0.717, 1.165) is 5.70 Å². The maximum absolute atomic E-state index is 12.2. The molecule has 0 radical (unpaired) electrons. The summed E-state index contributed by atoms with van der Waals surface area (Å²) >= 11 is 0. The Morgan fingerprint density at radius 1 is 1.38 bits per heavy atom. The van der Waals surface area contributed by atoms with Gasteiger partial charge in [-0.05, 0) is 40.7 Å². The molecular weight excluding hydrogens is 272 g/mol. The lowest BCUT2D eigenvalue weighted by Gasteiger charge is -2.21. The summed E-state index contributed by atoms with van der Waals surface area (Å²) in [5.74, 6) is 1.16. The highest BCUT2D eigenvalue weighted by Crippen LogP contribution is 2.15. The average molecular weight is 294 g/mol. The van der Waals surface area contributed by atoms with E-state index in [0.29, 0.717) is 17.5 Å². The number of aromatic nitrogens is 2. The molecule has 1 unspecified atom stereocenters. The largest absolute Gasteiger partial charge is 0.422 e. The second-order valence-electron chi connectivity index (χ2n) is 4.61. The molecule has 1 amide bonds. The first kappa shape index (κ1) is 16.9. The molecule has 21 heavy (non-hydrogen) atoms. The minimum atomic E-state index is -0.498. The Bertz CT molecular complexity index is 546. The Balaban J connectivity index is 2.90. The van der Waals surface area contributed by atoms with Gasteiger partial charge in [0.25, 0.3) is 0 Å². The lowest BCUT2D eigenvalue weighted by Crippen LogP contribution is -2.29. The van der Waals surface area contributed by atoms with E-state index in [4.69, 9.17) is 14.9 Å². The van der Waals surface area contributed by atoms with E-state index in [1.165, 1.54) is 4.90 Å². The van der Waals surface area contributed by atoms with E-state index in [1.807, 2.05) is 6.92 Å². The van der Waals surface area contributed by atoms with Crippen molar-refractivity contribution in [1.29, 1.82) is 0 Å². The predicted molar refractivity (Wildman–Crippen MR) is 77.8 cm³/mol. The molecule has 0 saturated carbocycles. The van der Waals surface area contributed by atoms with Crippen LogP contribution in [0.2, 0.25) is 0 Å². The Kier molecular flexibility index (Phi) is 6.10. The molecule has 0 bridgehead atoms. The SMILES string of the molecule is C/C=C(\C)OC(=O)N(Cc1nnc(C(C)N)o1)/C(C)=C/C. The van der Waals surface area contributed by atoms with E-state index in [9.17, 15) is 4.79 Å². The van der Waals surface area contributed by atoms with Gasteiger partial charge < -0.3 is 14.9 Å². The van der Waals surface area contributed by atoms with Crippen LogP contribution in [0.15, 0.2) is 28.0 Å². The van der Waals surface area contributed by atoms with Crippen molar-refractivity contribution >= 4 is 6.09 Å². The van der Waals surface area contributed by atoms with Gasteiger partial charge in [0, 0.05) is 5.70 Å². The molecule has 1 aromatic rings. The molecule has 0 saturated heterocycles. The lowest BCUT2D eigenvalue weighted by molar-refractivity contribution is 0.135. The fraction of sp³-hybridized carbons (Fsp3) is 0.500. The first-order valence-electron chi connectivity index (χ1n) is 6.72. The zero-order valence-electron chi connectivity index (χ0n) is 13.1. The fourth-order valence-corrected chi connectivity index (χ4v) is 1.39. The molecule has 0 fully saturated rings. The summed E-state index contributed by atoms with van der Waals surface area (Å²) < 4.78 is 10.6. The van der Waals surface area contributed by atoms with Crippen LogP contribution < -0.4 is 5.73 Å². The van der Waals surface area contributed by atoms with Crippen molar-refractivity contribution in [1.82, 2.24) is 15.1 Å². The summed E-state index contributed by atoms with van der Waals surface area (Å²) in [6.07, 6.45) is 3.01. The summed E-state index contributed by atoms with van der Waals surface area (Å²) in [6, 6.07) is -0.347. The smallest absolute Gasteiger partial charge is 0.419 e. The van der Waals surface area contributed by atoms with E-state index < -0.39 is 6.09 Å². The van der Waals surface area contributed by atoms with Gasteiger partial charge in [-0.25, -0.2) is 4.79 Å². The van der Waals surface area contributed by atoms with Gasteiger partial charge in [-0.2, -0.15) is 0 Å². The van der Waals surface area contributed by atoms with Crippen LogP contribution in [0.4, 0.5) is 4.79 Å². The fourth-order valence-electron chi connectivity index (χ4n) is 1.39. The first-order chi connectivity index (χ1) is 9.88. The molecule has 1 aromatic heterocycles. The van der Waals surface area contributed by atoms with Crippen LogP contribution in [-0.4, -0.2) is 21.2 Å². The number of nitrogens with zero attached hydrogens (tertiary/aromatic N) is 3. The van der Waals surface area contributed by atoms with E-state index >= 15 is 0 Å². The number of amides is 1. The Morgan fingerprint density at radius 3 is 2.52 bits per heavy atom. The standard InChI is InChI=1S/C14H22N4O3/c1-6-9(3)18(14(19)20-10(4)7-2)8-12-16-17-13(21-12)11(5)15/h6-7,11H,8,15H2,1-5H3/b9-6+,10-7+. The summed E-state index contributed by atoms with van der Waals surface area (Å²) in [6.45, 7) is 9.01. The maximum atomic E-state index is 12.2. The predicted octanol–water partition coefficient (Wildman–Crippen LogP) is 2.88. The van der Waals surface area contributed by atoms with Crippen LogP contribution in [0.1, 0.15) is 52.4 Å². The molecular formula is C14H22N4O3. The lowest BCUT2D eigenvalue weighted by atomic mass is 10.4. The molecule has 0 aromatic carbocycles. The monoisotopic (exact) mass is 294 g/mol. The third kappa shape index (κ3) is 4.71. The molecule has 0 spiro atoms. The van der Waals surface area contributed by atoms with Gasteiger partial charge in [0.05, 0.1) is 6.04 Å². The number of nitrogens with two attached hydrogens (primary N) is 1. The van der Waals surface area contributed by atoms with Crippen LogP contribution in [0.25, 0.3) is 0 Å². The quantitative estimate of drug-likeness (QED) is 0.839. The van der Waals surface area contributed by atoms with Crippen LogP contribution >= 0.6 is 0 Å². The molecule has 1 atom stereocenters. The molecule has 7 nitrogen and oxygen atoms in total. The number of rotatable bonds is 5. The van der Waals surface area contributed by atoms with Crippen molar-refractivity contribution in [3.63, 3.8) is 0 Å². The molecule has 0 aliphatic heterocycles. The molecule has 2 N–H and O–H groups in total. The van der Waals surface area contributed by atoms with E-state index in [2.05, 4.69) is 10.2 Å². The first-order valence-corrected chi connectivity index (χ1v) is 6.72. The molecule has 0 aliphatic carbocycles. The summed E-state index contributed by atoms with van der Waals surface area (Å²) in [7, 11) is 0. The highest BCUT2D eigenvalue weighted by Gasteiger charge is 2.21. The zero-order valence-corrected chi connectivity index (χ0v) is 13.1. The van der Waals surface area contributed by atoms with Crippen molar-refractivity contribution in [2.45, 2.75) is 47.2 Å². The zero-order chi connectivity index (χ0) is 16.0. The molecule has 7 heteroatoms. The average Bonchev–Trinajstić information content (AvgIpc) is 2.92. The number of hydrogen-bond donors (Lipinski definition) is 1. The van der Waals surface area contributed by atoms with Gasteiger partial charge in [-0.3, -0.25) is 4.90 Å². The highest BCUT2D eigenvalue weighted by atomic mass is 16.6. The normalized spacial score (nSPS) is 14.0. The van der Waals surface area contributed by atoms with Crippen LogP contribution in [0.3, 0.4) is 0 Å². The molecule has 116 valence electrons. The van der Waals surface area contributed by atoms with Gasteiger partial charge in [-0.15, -0.1) is 10.2 Å². The molecule has 0 aliphatic rings. The van der Waals surface area contributed by atoms with E-state index in [-0.39, 0.29) is 12.6 Å². The van der Waals surface area contributed by atoms with Crippen molar-refractivity contribution in [2.24, 2.45) is 5.73 Å². The van der Waals surface area contributed by atoms with Crippen molar-refractivity contribution in [3.8, 4) is 0 Å². The second kappa shape index (κ2) is 7.58. The number of allylic oxidation sites excluding steroid dienone is 4. The van der Waals surface area contributed by atoms with Crippen molar-refractivity contribution in [2.75, 3.05) is 0 Å². The van der Waals surface area contributed by atoms with Gasteiger partial charge in [0.1, 0.15) is 12.3 Å². The Morgan fingerprint density at radius 2 is 2.05 bits per heavy atom. The summed E-state index contributed by atoms with van der Waals surface area (Å²) in [5, 5.41) is 7.73. The van der Waals surface area contributed by atoms with Crippen molar-refractivity contribution in [3.05, 3.63) is 35.4 Å². The minimum Gasteiger partial charge on any atom is -0.422 e. The topological polar surface area (TPSA) is 94.5 Å². The molecule has 1 rings (SSSR count). The Labute approximate surface area is 124 Å². The molecule has 1 heterocycles. The van der Waals surface area contributed by atoms with Crippen LogP contribution in [-0.2, 0) is 11.3 Å². The highest BCUT2D eigenvalue weighted by molar-refractivity contribution is 5.70. The van der Waals surface area contributed by atoms with E-state index in [1.54, 1.807) is 39.8 Å². The Hall–Kier alpha value is -2.15. The maximum Gasteiger partial charge on any atom is 0.419 e. The summed E-state index contributed by atoms with van der Waals surface area (Å²) in [4.78, 5) is 13.6. The minimum absolute atomic E-state index is 0.131. The number of hydrogen-bond acceptors (Lipinski definition) is 6. The second-order valence-corrected chi connectivity index (χ2v) is 4.61. The number of carbonyl (C=O) groups is 1. The summed E-state index contributed by atoms with van der Waals surface area (Å²) in [5.41, 5.74) is 6.39. The van der Waals surface area contributed by atoms with Crippen molar-refractivity contribution < 1.29 is 13.9 Å². The number of ether oxygens (including phenoxy) is 1.